The lowest BCUT2D eigenvalue weighted by Gasteiger charge is -2.50. The smallest absolute Gasteiger partial charge is 0.181 e. The van der Waals surface area contributed by atoms with Crippen molar-refractivity contribution in [1.29, 1.82) is 0 Å². The molecule has 0 spiro atoms. The number of benzene rings is 3. The largest absolute Gasteiger partial charge is 0.350 e. The normalized spacial score (nSPS) is 21.3. The first-order valence-electron chi connectivity index (χ1n) is 12.9. The molecule has 0 aliphatic heterocycles. The molecule has 0 bridgehead atoms. The molecule has 2 aliphatic carbocycles. The van der Waals surface area contributed by atoms with Crippen LogP contribution in [0.4, 0.5) is 0 Å². The van der Waals surface area contributed by atoms with Crippen molar-refractivity contribution < 1.29 is 19.6 Å². The highest BCUT2D eigenvalue weighted by Crippen LogP contribution is 2.71. The molecule has 0 amide bonds. The molecular formula is C32H36O4P2. The maximum atomic E-state index is 11.4. The summed E-state index contributed by atoms with van der Waals surface area (Å²) < 4.78 is 0. The van der Waals surface area contributed by atoms with Gasteiger partial charge in [0.15, 0.2) is 16.8 Å². The number of hydrogen-bond donors (Lipinski definition) is 4. The van der Waals surface area contributed by atoms with Gasteiger partial charge in [-0.05, 0) is 60.9 Å². The monoisotopic (exact) mass is 546 g/mol. The molecule has 0 heterocycles. The van der Waals surface area contributed by atoms with Gasteiger partial charge in [-0.1, -0.05) is 120 Å². The van der Waals surface area contributed by atoms with Crippen LogP contribution in [0.5, 0.6) is 0 Å². The lowest BCUT2D eigenvalue weighted by molar-refractivity contribution is 0.421. The lowest BCUT2D eigenvalue weighted by Crippen LogP contribution is -2.42. The molecular weight excluding hydrogens is 510 g/mol. The lowest BCUT2D eigenvalue weighted by atomic mass is 9.64. The van der Waals surface area contributed by atoms with E-state index in [0.29, 0.717) is 0 Å². The van der Waals surface area contributed by atoms with Gasteiger partial charge >= 0.3 is 0 Å². The van der Waals surface area contributed by atoms with Crippen LogP contribution in [0.2, 0.25) is 0 Å². The third-order valence-electron chi connectivity index (χ3n) is 7.83. The Morgan fingerprint density at radius 3 is 1.68 bits per heavy atom. The SMILES string of the molecule is CC(C)(C)c1ccccc1C1=CC(c2ccccc2C(C)(C)C)(P(O)O)C(P(O)O)C2=C1c1ccccc12. The maximum absolute atomic E-state index is 11.4. The van der Waals surface area contributed by atoms with Crippen LogP contribution in [0, 0.1) is 0 Å². The number of fused-ring (bicyclic) bond motifs is 3. The van der Waals surface area contributed by atoms with Crippen molar-refractivity contribution in [2.75, 3.05) is 0 Å². The maximum Gasteiger partial charge on any atom is 0.181 e. The van der Waals surface area contributed by atoms with Gasteiger partial charge in [-0.2, -0.15) is 0 Å². The second-order valence-corrected chi connectivity index (χ2v) is 14.8. The van der Waals surface area contributed by atoms with Gasteiger partial charge in [0.1, 0.15) is 0 Å². The summed E-state index contributed by atoms with van der Waals surface area (Å²) in [6, 6.07) is 24.1. The van der Waals surface area contributed by atoms with Gasteiger partial charge in [0, 0.05) is 0 Å². The molecule has 0 aromatic heterocycles. The number of hydrogen-bond acceptors (Lipinski definition) is 4. The minimum atomic E-state index is -2.68. The topological polar surface area (TPSA) is 80.9 Å². The Labute approximate surface area is 228 Å². The first-order chi connectivity index (χ1) is 17.8. The fourth-order valence-corrected chi connectivity index (χ4v) is 8.87. The number of allylic oxidation sites excluding steroid dienone is 4. The number of rotatable bonds is 4. The molecule has 2 unspecified atom stereocenters. The van der Waals surface area contributed by atoms with E-state index in [0.717, 1.165) is 50.1 Å². The van der Waals surface area contributed by atoms with Gasteiger partial charge in [0.25, 0.3) is 0 Å². The first-order valence-corrected chi connectivity index (χ1v) is 15.5. The standard InChI is InChI=1S/C32H36O4P2/c1-30(2,3)24-16-10-9-13-20(24)23-19-32(38(35)36,26-18-12-11-17-25(26)31(4,5)6)29(37(33)34)28-22-15-8-7-14-21(22)27(23)28/h7-19,29,33-36H,1-6H3. The quantitative estimate of drug-likeness (QED) is 0.256. The first kappa shape index (κ1) is 27.4. The van der Waals surface area contributed by atoms with E-state index in [-0.39, 0.29) is 10.8 Å². The molecule has 0 saturated heterocycles. The molecule has 5 rings (SSSR count). The fraction of sp³-hybridized carbons (Fsp3) is 0.312. The second kappa shape index (κ2) is 9.49. The Kier molecular flexibility index (Phi) is 6.84. The van der Waals surface area contributed by atoms with Gasteiger partial charge in [-0.15, -0.1) is 0 Å². The minimum Gasteiger partial charge on any atom is -0.350 e. The van der Waals surface area contributed by atoms with Gasteiger partial charge in [-0.3, -0.25) is 0 Å². The van der Waals surface area contributed by atoms with Crippen LogP contribution in [0.25, 0.3) is 16.7 Å². The highest BCUT2D eigenvalue weighted by Gasteiger charge is 2.57. The Hall–Kier alpha value is -2.16. The van der Waals surface area contributed by atoms with Crippen molar-refractivity contribution in [1.82, 2.24) is 0 Å². The Morgan fingerprint density at radius 2 is 1.13 bits per heavy atom. The third kappa shape index (κ3) is 4.14. The van der Waals surface area contributed by atoms with Crippen LogP contribution in [0.3, 0.4) is 0 Å². The highest BCUT2D eigenvalue weighted by molar-refractivity contribution is 7.52. The van der Waals surface area contributed by atoms with Gasteiger partial charge < -0.3 is 19.6 Å². The van der Waals surface area contributed by atoms with Crippen molar-refractivity contribution in [2.45, 2.75) is 63.2 Å². The third-order valence-corrected chi connectivity index (χ3v) is 10.5. The summed E-state index contributed by atoms with van der Waals surface area (Å²) in [5.41, 5.74) is 7.17. The molecule has 198 valence electrons. The molecule has 3 aromatic rings. The van der Waals surface area contributed by atoms with Gasteiger partial charge in [0.05, 0.1) is 10.8 Å². The van der Waals surface area contributed by atoms with Crippen molar-refractivity contribution >= 4 is 33.5 Å². The van der Waals surface area contributed by atoms with E-state index in [9.17, 15) is 19.6 Å². The second-order valence-electron chi connectivity index (χ2n) is 12.3. The summed E-state index contributed by atoms with van der Waals surface area (Å²) in [4.78, 5) is 44.9. The molecule has 0 fully saturated rings. The molecule has 2 atom stereocenters. The van der Waals surface area contributed by atoms with E-state index >= 15 is 0 Å². The van der Waals surface area contributed by atoms with Crippen LogP contribution in [-0.2, 0) is 16.0 Å². The van der Waals surface area contributed by atoms with E-state index in [1.807, 2.05) is 60.7 Å². The van der Waals surface area contributed by atoms with Crippen molar-refractivity contribution in [2.24, 2.45) is 0 Å². The van der Waals surface area contributed by atoms with Crippen molar-refractivity contribution in [3.05, 3.63) is 112 Å². The molecule has 2 aliphatic rings. The average Bonchev–Trinajstić information content (AvgIpc) is 2.84. The predicted octanol–water partition coefficient (Wildman–Crippen LogP) is 7.46. The minimum absolute atomic E-state index is 0.159. The van der Waals surface area contributed by atoms with Crippen LogP contribution < -0.4 is 0 Å². The molecule has 38 heavy (non-hydrogen) atoms. The van der Waals surface area contributed by atoms with Gasteiger partial charge in [-0.25, -0.2) is 0 Å². The Morgan fingerprint density at radius 1 is 0.632 bits per heavy atom. The highest BCUT2D eigenvalue weighted by atomic mass is 31.2. The molecule has 0 radical (unpaired) electrons. The summed E-state index contributed by atoms with van der Waals surface area (Å²) in [5.74, 6) is 0. The van der Waals surface area contributed by atoms with E-state index < -0.39 is 27.6 Å². The van der Waals surface area contributed by atoms with E-state index in [1.54, 1.807) is 0 Å². The fourth-order valence-electron chi connectivity index (χ4n) is 6.18. The molecule has 4 nitrogen and oxygen atoms in total. The molecule has 0 saturated carbocycles. The zero-order chi connectivity index (χ0) is 27.6. The summed E-state index contributed by atoms with van der Waals surface area (Å²) in [5, 5.41) is -1.42. The van der Waals surface area contributed by atoms with E-state index in [1.165, 1.54) is 0 Å². The molecule has 3 aromatic carbocycles. The Bertz CT molecular complexity index is 1460. The van der Waals surface area contributed by atoms with Crippen LogP contribution in [-0.4, -0.2) is 25.2 Å². The van der Waals surface area contributed by atoms with Crippen molar-refractivity contribution in [3.63, 3.8) is 0 Å². The zero-order valence-electron chi connectivity index (χ0n) is 22.8. The van der Waals surface area contributed by atoms with E-state index in [2.05, 4.69) is 59.7 Å². The van der Waals surface area contributed by atoms with Crippen LogP contribution in [0.1, 0.15) is 74.9 Å². The summed E-state index contributed by atoms with van der Waals surface area (Å²) >= 11 is 0. The summed E-state index contributed by atoms with van der Waals surface area (Å²) in [7, 11) is -5.26. The summed E-state index contributed by atoms with van der Waals surface area (Å²) in [6.45, 7) is 12.8. The van der Waals surface area contributed by atoms with Crippen molar-refractivity contribution in [3.8, 4) is 0 Å². The van der Waals surface area contributed by atoms with Crippen LogP contribution >= 0.6 is 16.8 Å². The predicted molar refractivity (Wildman–Crippen MR) is 160 cm³/mol. The van der Waals surface area contributed by atoms with Crippen LogP contribution in [0.15, 0.2) is 78.9 Å². The molecule has 6 heteroatoms. The zero-order valence-corrected chi connectivity index (χ0v) is 24.6. The average molecular weight is 547 g/mol. The van der Waals surface area contributed by atoms with Gasteiger partial charge in [0.2, 0.25) is 0 Å². The summed E-state index contributed by atoms with van der Waals surface area (Å²) in [6.07, 6.45) is 1.95. The Balaban J connectivity index is 1.93. The van der Waals surface area contributed by atoms with E-state index in [4.69, 9.17) is 0 Å². The molecule has 4 N–H and O–H groups in total.